The van der Waals surface area contributed by atoms with Crippen LogP contribution in [-0.2, 0) is 0 Å². The van der Waals surface area contributed by atoms with E-state index in [4.69, 9.17) is 28.5 Å². The first-order valence-corrected chi connectivity index (χ1v) is 5.15. The highest BCUT2D eigenvalue weighted by Gasteiger charge is 2.12. The molecule has 0 saturated heterocycles. The van der Waals surface area contributed by atoms with E-state index in [1.807, 2.05) is 6.07 Å². The zero-order valence-electron chi connectivity index (χ0n) is 7.98. The topological polar surface area (TPSA) is 49.0 Å². The van der Waals surface area contributed by atoms with Gasteiger partial charge in [0.25, 0.3) is 0 Å². The molecule has 1 heterocycles. The van der Waals surface area contributed by atoms with E-state index in [-0.39, 0.29) is 15.9 Å². The molecule has 3 nitrogen and oxygen atoms in total. The highest BCUT2D eigenvalue weighted by atomic mass is 35.5. The molecule has 5 heteroatoms. The first-order valence-electron chi connectivity index (χ1n) is 4.39. The summed E-state index contributed by atoms with van der Waals surface area (Å²) in [5.41, 5.74) is 1.13. The van der Waals surface area contributed by atoms with E-state index in [0.717, 1.165) is 0 Å². The van der Waals surface area contributed by atoms with Gasteiger partial charge in [-0.3, -0.25) is 4.57 Å². The maximum absolute atomic E-state index is 9.70. The quantitative estimate of drug-likeness (QED) is 0.846. The smallest absolute Gasteiger partial charge is 0.216 e. The third kappa shape index (κ3) is 1.73. The number of halogens is 2. The standard InChI is InChI=1S/C11H6Cl2N2O/c12-9-6-15(11(16)10(9)13)8-3-1-2-7(4-8)5-14/h1-4,6,16H. The summed E-state index contributed by atoms with van der Waals surface area (Å²) in [6.07, 6.45) is 1.50. The van der Waals surface area contributed by atoms with Crippen LogP contribution in [0.1, 0.15) is 5.56 Å². The second-order valence-corrected chi connectivity index (χ2v) is 3.93. The van der Waals surface area contributed by atoms with Gasteiger partial charge in [0.2, 0.25) is 5.88 Å². The molecular weight excluding hydrogens is 247 g/mol. The maximum atomic E-state index is 9.70. The molecular formula is C11H6Cl2N2O. The number of hydrogen-bond donors (Lipinski definition) is 1. The number of benzene rings is 1. The zero-order valence-corrected chi connectivity index (χ0v) is 9.50. The van der Waals surface area contributed by atoms with E-state index in [1.54, 1.807) is 24.3 Å². The molecule has 0 unspecified atom stereocenters. The number of rotatable bonds is 1. The molecule has 2 aromatic rings. The second-order valence-electron chi connectivity index (χ2n) is 3.15. The highest BCUT2D eigenvalue weighted by Crippen LogP contribution is 2.35. The van der Waals surface area contributed by atoms with E-state index < -0.39 is 0 Å². The monoisotopic (exact) mass is 252 g/mol. The summed E-state index contributed by atoms with van der Waals surface area (Å²) < 4.78 is 1.42. The Kier molecular flexibility index (Phi) is 2.78. The minimum absolute atomic E-state index is 0.101. The fourth-order valence-corrected chi connectivity index (χ4v) is 1.69. The summed E-state index contributed by atoms with van der Waals surface area (Å²) in [6, 6.07) is 8.78. The molecule has 0 bridgehead atoms. The minimum atomic E-state index is -0.137. The molecule has 2 rings (SSSR count). The predicted octanol–water partition coefficient (Wildman–Crippen LogP) is 3.36. The highest BCUT2D eigenvalue weighted by molar-refractivity contribution is 6.43. The van der Waals surface area contributed by atoms with Gasteiger partial charge >= 0.3 is 0 Å². The Morgan fingerprint density at radius 2 is 2.06 bits per heavy atom. The van der Waals surface area contributed by atoms with Crippen molar-refractivity contribution in [3.05, 3.63) is 46.1 Å². The van der Waals surface area contributed by atoms with Gasteiger partial charge in [0.15, 0.2) is 0 Å². The molecule has 0 spiro atoms. The van der Waals surface area contributed by atoms with Gasteiger partial charge in [0.1, 0.15) is 5.02 Å². The average molecular weight is 253 g/mol. The lowest BCUT2D eigenvalue weighted by Gasteiger charge is -2.04. The Labute approximate surface area is 102 Å². The van der Waals surface area contributed by atoms with Crippen molar-refractivity contribution >= 4 is 23.2 Å². The first-order chi connectivity index (χ1) is 7.63. The van der Waals surface area contributed by atoms with Gasteiger partial charge in [0, 0.05) is 11.9 Å². The van der Waals surface area contributed by atoms with Crippen LogP contribution < -0.4 is 0 Å². The number of aromatic nitrogens is 1. The molecule has 0 amide bonds. The largest absolute Gasteiger partial charge is 0.493 e. The van der Waals surface area contributed by atoms with Crippen LogP contribution in [0.3, 0.4) is 0 Å². The predicted molar refractivity (Wildman–Crippen MR) is 62.2 cm³/mol. The average Bonchev–Trinajstić information content (AvgIpc) is 2.57. The van der Waals surface area contributed by atoms with Crippen molar-refractivity contribution in [2.45, 2.75) is 0 Å². The lowest BCUT2D eigenvalue weighted by Crippen LogP contribution is -1.91. The van der Waals surface area contributed by atoms with Crippen molar-refractivity contribution in [1.82, 2.24) is 4.57 Å². The van der Waals surface area contributed by atoms with Crippen LogP contribution >= 0.6 is 23.2 Å². The van der Waals surface area contributed by atoms with Crippen LogP contribution in [0.4, 0.5) is 0 Å². The van der Waals surface area contributed by atoms with Crippen molar-refractivity contribution in [2.24, 2.45) is 0 Å². The van der Waals surface area contributed by atoms with E-state index in [1.165, 1.54) is 10.8 Å². The van der Waals surface area contributed by atoms with Gasteiger partial charge in [-0.2, -0.15) is 5.26 Å². The maximum Gasteiger partial charge on any atom is 0.216 e. The van der Waals surface area contributed by atoms with Crippen molar-refractivity contribution in [3.8, 4) is 17.6 Å². The van der Waals surface area contributed by atoms with Gasteiger partial charge in [-0.25, -0.2) is 0 Å². The second kappa shape index (κ2) is 4.09. The van der Waals surface area contributed by atoms with Crippen molar-refractivity contribution in [1.29, 1.82) is 5.26 Å². The van der Waals surface area contributed by atoms with E-state index in [0.29, 0.717) is 11.3 Å². The Morgan fingerprint density at radius 1 is 1.31 bits per heavy atom. The molecule has 80 valence electrons. The molecule has 1 aromatic carbocycles. The Hall–Kier alpha value is -1.63. The number of hydrogen-bond acceptors (Lipinski definition) is 2. The summed E-state index contributed by atoms with van der Waals surface area (Å²) in [7, 11) is 0. The van der Waals surface area contributed by atoms with Gasteiger partial charge in [-0.1, -0.05) is 29.3 Å². The third-order valence-corrected chi connectivity index (χ3v) is 2.89. The van der Waals surface area contributed by atoms with Crippen LogP contribution in [0, 0.1) is 11.3 Å². The van der Waals surface area contributed by atoms with Crippen LogP contribution in [0.15, 0.2) is 30.5 Å². The summed E-state index contributed by atoms with van der Waals surface area (Å²) >= 11 is 11.5. The molecule has 0 aliphatic carbocycles. The molecule has 0 aliphatic rings. The molecule has 0 aliphatic heterocycles. The lowest BCUT2D eigenvalue weighted by atomic mass is 10.2. The molecule has 16 heavy (non-hydrogen) atoms. The minimum Gasteiger partial charge on any atom is -0.493 e. The molecule has 0 saturated carbocycles. The normalized spacial score (nSPS) is 10.1. The first kappa shape index (κ1) is 10.9. The van der Waals surface area contributed by atoms with Crippen molar-refractivity contribution in [3.63, 3.8) is 0 Å². The van der Waals surface area contributed by atoms with Gasteiger partial charge < -0.3 is 5.11 Å². The van der Waals surface area contributed by atoms with Crippen molar-refractivity contribution in [2.75, 3.05) is 0 Å². The van der Waals surface area contributed by atoms with Crippen LogP contribution in [-0.4, -0.2) is 9.67 Å². The van der Waals surface area contributed by atoms with Crippen LogP contribution in [0.25, 0.3) is 5.69 Å². The van der Waals surface area contributed by atoms with Gasteiger partial charge in [0.05, 0.1) is 16.7 Å². The zero-order chi connectivity index (χ0) is 11.7. The van der Waals surface area contributed by atoms with Crippen LogP contribution in [0.2, 0.25) is 10.0 Å². The lowest BCUT2D eigenvalue weighted by molar-refractivity contribution is 0.443. The van der Waals surface area contributed by atoms with Gasteiger partial charge in [-0.15, -0.1) is 0 Å². The van der Waals surface area contributed by atoms with E-state index in [9.17, 15) is 5.11 Å². The number of nitrogens with zero attached hydrogens (tertiary/aromatic N) is 2. The fourth-order valence-electron chi connectivity index (χ4n) is 1.37. The third-order valence-electron chi connectivity index (χ3n) is 2.13. The Bertz CT molecular complexity index is 584. The van der Waals surface area contributed by atoms with Gasteiger partial charge in [-0.05, 0) is 18.2 Å². The van der Waals surface area contributed by atoms with E-state index in [2.05, 4.69) is 0 Å². The van der Waals surface area contributed by atoms with Crippen molar-refractivity contribution < 1.29 is 5.11 Å². The van der Waals surface area contributed by atoms with E-state index >= 15 is 0 Å². The molecule has 0 fully saturated rings. The SMILES string of the molecule is N#Cc1cccc(-n2cc(Cl)c(Cl)c2O)c1. The summed E-state index contributed by atoms with van der Waals surface area (Å²) in [5.74, 6) is -0.137. The molecule has 0 atom stereocenters. The molecule has 0 radical (unpaired) electrons. The summed E-state index contributed by atoms with van der Waals surface area (Å²) in [6.45, 7) is 0. The fraction of sp³-hybridized carbons (Fsp3) is 0. The Balaban J connectivity index is 2.59. The Morgan fingerprint density at radius 3 is 2.62 bits per heavy atom. The number of nitriles is 1. The van der Waals surface area contributed by atoms with Crippen LogP contribution in [0.5, 0.6) is 5.88 Å². The molecule has 1 aromatic heterocycles. The number of aromatic hydroxyl groups is 1. The molecule has 1 N–H and O–H groups in total. The summed E-state index contributed by atoms with van der Waals surface area (Å²) in [5, 5.41) is 18.8. The summed E-state index contributed by atoms with van der Waals surface area (Å²) in [4.78, 5) is 0.